The maximum Gasteiger partial charge on any atom is 0.291 e. The smallest absolute Gasteiger partial charge is 0.291 e. The van der Waals surface area contributed by atoms with Gasteiger partial charge in [-0.1, -0.05) is 12.1 Å². The van der Waals surface area contributed by atoms with Crippen LogP contribution >= 0.6 is 0 Å². The van der Waals surface area contributed by atoms with Gasteiger partial charge in [0.15, 0.2) is 0 Å². The molecular formula is C19H17N3O4. The maximum atomic E-state index is 13.0. The van der Waals surface area contributed by atoms with Crippen molar-refractivity contribution in [1.29, 1.82) is 0 Å². The lowest BCUT2D eigenvalue weighted by Gasteiger charge is -2.27. The molecule has 0 saturated carbocycles. The fraction of sp³-hybridized carbons (Fsp3) is 0.211. The molecule has 1 aromatic carbocycles. The highest BCUT2D eigenvalue weighted by atomic mass is 16.5. The van der Waals surface area contributed by atoms with Gasteiger partial charge in [0.25, 0.3) is 11.8 Å². The fourth-order valence-corrected chi connectivity index (χ4v) is 3.12. The summed E-state index contributed by atoms with van der Waals surface area (Å²) in [7, 11) is 1.56. The first-order valence-corrected chi connectivity index (χ1v) is 8.28. The van der Waals surface area contributed by atoms with Crippen molar-refractivity contribution in [2.24, 2.45) is 0 Å². The van der Waals surface area contributed by atoms with Gasteiger partial charge in [-0.3, -0.25) is 9.59 Å². The lowest BCUT2D eigenvalue weighted by Crippen LogP contribution is -2.45. The van der Waals surface area contributed by atoms with Crippen molar-refractivity contribution in [3.8, 4) is 5.75 Å². The van der Waals surface area contributed by atoms with Crippen LogP contribution in [0.5, 0.6) is 5.75 Å². The summed E-state index contributed by atoms with van der Waals surface area (Å²) in [5, 5.41) is 3.71. The van der Waals surface area contributed by atoms with Gasteiger partial charge >= 0.3 is 0 Å². The van der Waals surface area contributed by atoms with E-state index in [1.165, 1.54) is 22.5 Å². The van der Waals surface area contributed by atoms with Gasteiger partial charge < -0.3 is 9.15 Å². The number of benzene rings is 1. The van der Waals surface area contributed by atoms with Crippen molar-refractivity contribution in [1.82, 2.24) is 15.0 Å². The van der Waals surface area contributed by atoms with Gasteiger partial charge in [0.2, 0.25) is 0 Å². The van der Waals surface area contributed by atoms with Crippen LogP contribution in [0.4, 0.5) is 0 Å². The maximum absolute atomic E-state index is 13.0. The minimum Gasteiger partial charge on any atom is -0.496 e. The number of hydrogen-bond acceptors (Lipinski definition) is 5. The van der Waals surface area contributed by atoms with Crippen LogP contribution in [0.1, 0.15) is 27.3 Å². The van der Waals surface area contributed by atoms with Crippen molar-refractivity contribution in [3.05, 3.63) is 60.2 Å². The number of fused-ring (bicyclic) bond motifs is 1. The zero-order valence-corrected chi connectivity index (χ0v) is 14.2. The number of rotatable bonds is 3. The second kappa shape index (κ2) is 6.51. The van der Waals surface area contributed by atoms with Crippen molar-refractivity contribution in [2.45, 2.75) is 6.42 Å². The van der Waals surface area contributed by atoms with Crippen molar-refractivity contribution in [2.75, 3.05) is 20.2 Å². The Labute approximate surface area is 149 Å². The number of amides is 2. The van der Waals surface area contributed by atoms with Gasteiger partial charge in [0.05, 0.1) is 24.5 Å². The van der Waals surface area contributed by atoms with E-state index in [9.17, 15) is 9.59 Å². The number of pyridine rings is 1. The van der Waals surface area contributed by atoms with Gasteiger partial charge in [-0.05, 0) is 24.6 Å². The monoisotopic (exact) mass is 351 g/mol. The molecule has 0 atom stereocenters. The number of hydrazine groups is 1. The van der Waals surface area contributed by atoms with Gasteiger partial charge in [0, 0.05) is 24.5 Å². The molecule has 0 spiro atoms. The van der Waals surface area contributed by atoms with Crippen molar-refractivity contribution < 1.29 is 18.7 Å². The molecule has 0 bridgehead atoms. The molecule has 0 radical (unpaired) electrons. The number of nitrogens with zero attached hydrogens (tertiary/aromatic N) is 3. The number of carbonyl (C=O) groups excluding carboxylic acids is 2. The lowest BCUT2D eigenvalue weighted by molar-refractivity contribution is 0.0182. The molecule has 1 fully saturated rings. The predicted molar refractivity (Wildman–Crippen MR) is 93.7 cm³/mol. The first kappa shape index (κ1) is 16.1. The molecule has 3 aromatic rings. The van der Waals surface area contributed by atoms with E-state index in [4.69, 9.17) is 9.15 Å². The van der Waals surface area contributed by atoms with E-state index >= 15 is 0 Å². The molecular weight excluding hydrogens is 334 g/mol. The van der Waals surface area contributed by atoms with Crippen LogP contribution in [0.15, 0.2) is 53.3 Å². The Bertz CT molecular complexity index is 968. The van der Waals surface area contributed by atoms with E-state index in [0.717, 1.165) is 5.39 Å². The van der Waals surface area contributed by atoms with E-state index in [-0.39, 0.29) is 17.5 Å². The number of carbonyl (C=O) groups is 2. The average molecular weight is 351 g/mol. The van der Waals surface area contributed by atoms with Crippen LogP contribution < -0.4 is 4.74 Å². The minimum atomic E-state index is -0.330. The topological polar surface area (TPSA) is 75.9 Å². The van der Waals surface area contributed by atoms with Crippen LogP contribution in [0.3, 0.4) is 0 Å². The lowest BCUT2D eigenvalue weighted by atomic mass is 10.1. The first-order valence-electron chi connectivity index (χ1n) is 8.28. The van der Waals surface area contributed by atoms with Gasteiger partial charge in [-0.25, -0.2) is 15.0 Å². The summed E-state index contributed by atoms with van der Waals surface area (Å²) in [4.78, 5) is 30.1. The number of hydrogen-bond donors (Lipinski definition) is 0. The average Bonchev–Trinajstić information content (AvgIpc) is 3.37. The molecule has 7 nitrogen and oxygen atoms in total. The summed E-state index contributed by atoms with van der Waals surface area (Å²) in [6.45, 7) is 0.930. The quantitative estimate of drug-likeness (QED) is 0.725. The largest absolute Gasteiger partial charge is 0.496 e. The van der Waals surface area contributed by atoms with Crippen molar-refractivity contribution >= 4 is 22.7 Å². The third-order valence-corrected chi connectivity index (χ3v) is 4.39. The standard InChI is InChI=1S/C19H17N3O4/c1-25-17-11-16(20-15-6-3-2-5-14(15)17)19(24)22-9-4-8-21(22)18(23)13-7-10-26-12-13/h2-3,5-7,10-12H,4,8-9H2,1H3. The van der Waals surface area contributed by atoms with E-state index < -0.39 is 0 Å². The number of aromatic nitrogens is 1. The molecule has 3 heterocycles. The van der Waals surface area contributed by atoms with Crippen LogP contribution in [-0.2, 0) is 0 Å². The Morgan fingerprint density at radius 2 is 1.88 bits per heavy atom. The summed E-state index contributed by atoms with van der Waals surface area (Å²) in [6, 6.07) is 10.7. The Kier molecular flexibility index (Phi) is 4.04. The second-order valence-corrected chi connectivity index (χ2v) is 5.95. The third-order valence-electron chi connectivity index (χ3n) is 4.39. The van der Waals surface area contributed by atoms with E-state index in [0.29, 0.717) is 36.3 Å². The van der Waals surface area contributed by atoms with Crippen LogP contribution in [0.2, 0.25) is 0 Å². The molecule has 4 rings (SSSR count). The summed E-state index contributed by atoms with van der Waals surface area (Å²) in [6.07, 6.45) is 3.52. The Hall–Kier alpha value is -3.35. The fourth-order valence-electron chi connectivity index (χ4n) is 3.12. The van der Waals surface area contributed by atoms with E-state index in [1.807, 2.05) is 24.3 Å². The van der Waals surface area contributed by atoms with Crippen LogP contribution in [0, 0.1) is 0 Å². The van der Waals surface area contributed by atoms with Gasteiger partial charge in [0.1, 0.15) is 17.7 Å². The highest BCUT2D eigenvalue weighted by Gasteiger charge is 2.33. The SMILES string of the molecule is COc1cc(C(=O)N2CCCN2C(=O)c2ccoc2)nc2ccccc12. The molecule has 0 unspecified atom stereocenters. The molecule has 1 aliphatic heterocycles. The Balaban J connectivity index is 1.68. The Morgan fingerprint density at radius 1 is 1.12 bits per heavy atom. The summed E-state index contributed by atoms with van der Waals surface area (Å²) in [5.74, 6) is -0.0217. The summed E-state index contributed by atoms with van der Waals surface area (Å²) >= 11 is 0. The Morgan fingerprint density at radius 3 is 2.62 bits per heavy atom. The highest BCUT2D eigenvalue weighted by molar-refractivity contribution is 6.00. The molecule has 0 N–H and O–H groups in total. The molecule has 132 valence electrons. The molecule has 26 heavy (non-hydrogen) atoms. The molecule has 2 aromatic heterocycles. The zero-order chi connectivity index (χ0) is 18.1. The molecule has 2 amide bonds. The summed E-state index contributed by atoms with van der Waals surface area (Å²) < 4.78 is 10.4. The highest BCUT2D eigenvalue weighted by Crippen LogP contribution is 2.26. The minimum absolute atomic E-state index is 0.243. The number of furan rings is 1. The normalized spacial score (nSPS) is 14.0. The van der Waals surface area contributed by atoms with E-state index in [1.54, 1.807) is 19.2 Å². The first-order chi connectivity index (χ1) is 12.7. The molecule has 0 aliphatic carbocycles. The van der Waals surface area contributed by atoms with E-state index in [2.05, 4.69) is 4.98 Å². The molecule has 7 heteroatoms. The van der Waals surface area contributed by atoms with Crippen LogP contribution in [-0.4, -0.2) is 47.0 Å². The van der Waals surface area contributed by atoms with Gasteiger partial charge in [-0.2, -0.15) is 0 Å². The second-order valence-electron chi connectivity index (χ2n) is 5.95. The number of methoxy groups -OCH3 is 1. The number of para-hydroxylation sites is 1. The summed E-state index contributed by atoms with van der Waals surface area (Å²) in [5.41, 5.74) is 1.32. The third kappa shape index (κ3) is 2.67. The number of ether oxygens (including phenoxy) is 1. The van der Waals surface area contributed by atoms with Gasteiger partial charge in [-0.15, -0.1) is 0 Å². The zero-order valence-electron chi connectivity index (χ0n) is 14.2. The van der Waals surface area contributed by atoms with Crippen LogP contribution in [0.25, 0.3) is 10.9 Å². The van der Waals surface area contributed by atoms with Crippen molar-refractivity contribution in [3.63, 3.8) is 0 Å². The predicted octanol–water partition coefficient (Wildman–Crippen LogP) is 2.74. The molecule has 1 aliphatic rings. The molecule has 1 saturated heterocycles.